The Bertz CT molecular complexity index is 1220. The minimum atomic E-state index is -0.231. The molecule has 5 rings (SSSR count). The number of aromatic nitrogens is 1. The fourth-order valence-electron chi connectivity index (χ4n) is 3.47. The molecule has 0 unspecified atom stereocenters. The van der Waals surface area contributed by atoms with Crippen molar-refractivity contribution in [2.24, 2.45) is 0 Å². The normalized spacial score (nSPS) is 14.5. The average molecular weight is 353 g/mol. The molecule has 4 nitrogen and oxygen atoms in total. The summed E-state index contributed by atoms with van der Waals surface area (Å²) in [5.74, 6) is 0.153. The first-order valence-corrected chi connectivity index (χ1v) is 8.65. The van der Waals surface area contributed by atoms with Crippen LogP contribution in [0.4, 0.5) is 0 Å². The van der Waals surface area contributed by atoms with Crippen LogP contribution >= 0.6 is 0 Å². The number of aromatic hydroxyl groups is 1. The van der Waals surface area contributed by atoms with Gasteiger partial charge in [-0.3, -0.25) is 4.79 Å². The van der Waals surface area contributed by atoms with Crippen LogP contribution in [0.2, 0.25) is 0 Å². The quantitative estimate of drug-likeness (QED) is 0.490. The summed E-state index contributed by atoms with van der Waals surface area (Å²) < 4.78 is 5.71. The summed E-state index contributed by atoms with van der Waals surface area (Å²) in [5.41, 5.74) is 4.18. The third-order valence-corrected chi connectivity index (χ3v) is 4.76. The SMILES string of the molecule is O=C1/C(=C/c2c(-c3ccccc3)[nH]c3ccccc23)Oc2c(O)cccc21. The average Bonchev–Trinajstić information content (AvgIpc) is 3.23. The standard InChI is InChI=1S/C23H15NO3/c25-19-12-6-10-16-22(26)20(27-23(16)19)13-17-15-9-4-5-11-18(15)24-21(17)14-7-2-1-3-8-14/h1-13,24-25H/b20-13-. The van der Waals surface area contributed by atoms with E-state index in [1.807, 2.05) is 54.6 Å². The van der Waals surface area contributed by atoms with Crippen molar-refractivity contribution in [1.29, 1.82) is 0 Å². The van der Waals surface area contributed by atoms with Gasteiger partial charge in [0.2, 0.25) is 5.78 Å². The van der Waals surface area contributed by atoms with Crippen molar-refractivity contribution in [1.82, 2.24) is 4.98 Å². The highest BCUT2D eigenvalue weighted by Crippen LogP contribution is 2.40. The largest absolute Gasteiger partial charge is 0.504 e. The van der Waals surface area contributed by atoms with Gasteiger partial charge in [0.15, 0.2) is 17.3 Å². The van der Waals surface area contributed by atoms with Crippen molar-refractivity contribution in [2.75, 3.05) is 0 Å². The van der Waals surface area contributed by atoms with Gasteiger partial charge < -0.3 is 14.8 Å². The van der Waals surface area contributed by atoms with Crippen LogP contribution in [0.15, 0.2) is 78.6 Å². The minimum Gasteiger partial charge on any atom is -0.504 e. The first-order chi connectivity index (χ1) is 13.2. The van der Waals surface area contributed by atoms with E-state index < -0.39 is 0 Å². The van der Waals surface area contributed by atoms with Gasteiger partial charge in [0.25, 0.3) is 0 Å². The molecule has 2 heterocycles. The first kappa shape index (κ1) is 15.5. The van der Waals surface area contributed by atoms with E-state index in [4.69, 9.17) is 4.74 Å². The molecule has 0 atom stereocenters. The lowest BCUT2D eigenvalue weighted by Crippen LogP contribution is -1.98. The summed E-state index contributed by atoms with van der Waals surface area (Å²) in [6.07, 6.45) is 1.75. The van der Waals surface area contributed by atoms with Crippen molar-refractivity contribution in [3.8, 4) is 22.8 Å². The Balaban J connectivity index is 1.71. The number of hydrogen-bond donors (Lipinski definition) is 2. The topological polar surface area (TPSA) is 62.3 Å². The number of allylic oxidation sites excluding steroid dienone is 1. The third-order valence-electron chi connectivity index (χ3n) is 4.76. The molecule has 0 aliphatic carbocycles. The van der Waals surface area contributed by atoms with Crippen molar-refractivity contribution in [2.45, 2.75) is 0 Å². The molecule has 0 spiro atoms. The van der Waals surface area contributed by atoms with Gasteiger partial charge in [-0.15, -0.1) is 0 Å². The number of H-pyrrole nitrogens is 1. The minimum absolute atomic E-state index is 0.0357. The summed E-state index contributed by atoms with van der Waals surface area (Å²) in [7, 11) is 0. The highest BCUT2D eigenvalue weighted by Gasteiger charge is 2.30. The molecule has 27 heavy (non-hydrogen) atoms. The number of hydrogen-bond acceptors (Lipinski definition) is 3. The lowest BCUT2D eigenvalue weighted by Gasteiger charge is -2.03. The number of phenols is 1. The van der Waals surface area contributed by atoms with Crippen LogP contribution < -0.4 is 4.74 Å². The zero-order chi connectivity index (χ0) is 18.4. The molecule has 0 bridgehead atoms. The van der Waals surface area contributed by atoms with E-state index in [1.54, 1.807) is 18.2 Å². The number of aromatic amines is 1. The molecule has 1 aliphatic heterocycles. The van der Waals surface area contributed by atoms with E-state index >= 15 is 0 Å². The fourth-order valence-corrected chi connectivity index (χ4v) is 3.47. The second-order valence-electron chi connectivity index (χ2n) is 6.42. The first-order valence-electron chi connectivity index (χ1n) is 8.65. The molecule has 0 amide bonds. The number of ether oxygens (including phenoxy) is 1. The Morgan fingerprint density at radius 3 is 2.48 bits per heavy atom. The second kappa shape index (κ2) is 5.88. The molecule has 1 aliphatic rings. The molecule has 0 saturated carbocycles. The second-order valence-corrected chi connectivity index (χ2v) is 6.42. The number of carbonyl (C=O) groups is 1. The van der Waals surface area contributed by atoms with Crippen molar-refractivity contribution in [3.05, 3.63) is 89.7 Å². The van der Waals surface area contributed by atoms with Crippen LogP contribution in [0, 0.1) is 0 Å². The molecule has 2 N–H and O–H groups in total. The van der Waals surface area contributed by atoms with E-state index in [2.05, 4.69) is 4.98 Å². The van der Waals surface area contributed by atoms with E-state index in [9.17, 15) is 9.90 Å². The monoisotopic (exact) mass is 353 g/mol. The molecule has 130 valence electrons. The van der Waals surface area contributed by atoms with Gasteiger partial charge >= 0.3 is 0 Å². The van der Waals surface area contributed by atoms with E-state index in [-0.39, 0.29) is 23.0 Å². The van der Waals surface area contributed by atoms with Gasteiger partial charge in [-0.25, -0.2) is 0 Å². The maximum Gasteiger partial charge on any atom is 0.232 e. The Morgan fingerprint density at radius 1 is 0.889 bits per heavy atom. The molecule has 4 aromatic rings. The number of benzene rings is 3. The zero-order valence-corrected chi connectivity index (χ0v) is 14.3. The van der Waals surface area contributed by atoms with E-state index in [0.29, 0.717) is 5.56 Å². The third kappa shape index (κ3) is 2.42. The Labute approximate surface area is 155 Å². The zero-order valence-electron chi connectivity index (χ0n) is 14.3. The maximum absolute atomic E-state index is 12.7. The lowest BCUT2D eigenvalue weighted by molar-refractivity contribution is 0.101. The summed E-state index contributed by atoms with van der Waals surface area (Å²) in [5, 5.41) is 11.0. The Kier molecular flexibility index (Phi) is 3.37. The van der Waals surface area contributed by atoms with Gasteiger partial charge in [0, 0.05) is 16.5 Å². The van der Waals surface area contributed by atoms with E-state index in [1.165, 1.54) is 6.07 Å². The molecule has 0 radical (unpaired) electrons. The van der Waals surface area contributed by atoms with Crippen molar-refractivity contribution < 1.29 is 14.6 Å². The van der Waals surface area contributed by atoms with Crippen LogP contribution in [0.1, 0.15) is 15.9 Å². The molecule has 0 saturated heterocycles. The van der Waals surface area contributed by atoms with Crippen LogP contribution in [-0.4, -0.2) is 15.9 Å². The molecule has 0 fully saturated rings. The van der Waals surface area contributed by atoms with Gasteiger partial charge in [-0.1, -0.05) is 54.6 Å². The van der Waals surface area contributed by atoms with Gasteiger partial charge in [0.05, 0.1) is 11.3 Å². The number of rotatable bonds is 2. The van der Waals surface area contributed by atoms with Crippen LogP contribution in [0.25, 0.3) is 28.2 Å². The number of para-hydroxylation sites is 2. The van der Waals surface area contributed by atoms with Crippen LogP contribution in [0.5, 0.6) is 11.5 Å². The smallest absolute Gasteiger partial charge is 0.232 e. The summed E-state index contributed by atoms with van der Waals surface area (Å²) in [4.78, 5) is 16.2. The molecular formula is C23H15NO3. The number of phenolic OH excluding ortho intramolecular Hbond substituents is 1. The highest BCUT2D eigenvalue weighted by atomic mass is 16.5. The Morgan fingerprint density at radius 2 is 1.67 bits per heavy atom. The number of Topliss-reactive ketones (excluding diaryl/α,β-unsaturated/α-hetero) is 1. The number of carbonyl (C=O) groups excluding carboxylic acids is 1. The molecule has 1 aromatic heterocycles. The predicted molar refractivity (Wildman–Crippen MR) is 105 cm³/mol. The van der Waals surface area contributed by atoms with Crippen LogP contribution in [0.3, 0.4) is 0 Å². The van der Waals surface area contributed by atoms with Crippen molar-refractivity contribution >= 4 is 22.8 Å². The lowest BCUT2D eigenvalue weighted by atomic mass is 10.0. The summed E-state index contributed by atoms with van der Waals surface area (Å²) in [6.45, 7) is 0. The number of nitrogens with one attached hydrogen (secondary N) is 1. The maximum atomic E-state index is 12.7. The van der Waals surface area contributed by atoms with Gasteiger partial charge in [-0.05, 0) is 29.8 Å². The Hall–Kier alpha value is -3.79. The van der Waals surface area contributed by atoms with E-state index in [0.717, 1.165) is 27.7 Å². The fraction of sp³-hybridized carbons (Fsp3) is 0. The predicted octanol–water partition coefficient (Wildman–Crippen LogP) is 5.16. The highest BCUT2D eigenvalue weighted by molar-refractivity contribution is 6.16. The molecular weight excluding hydrogens is 338 g/mol. The summed E-state index contributed by atoms with van der Waals surface area (Å²) in [6, 6.07) is 22.7. The number of fused-ring (bicyclic) bond motifs is 2. The number of ketones is 1. The van der Waals surface area contributed by atoms with Crippen LogP contribution in [-0.2, 0) is 0 Å². The van der Waals surface area contributed by atoms with Gasteiger partial charge in [-0.2, -0.15) is 0 Å². The van der Waals surface area contributed by atoms with Crippen molar-refractivity contribution in [3.63, 3.8) is 0 Å². The molecule has 3 aromatic carbocycles. The summed E-state index contributed by atoms with van der Waals surface area (Å²) >= 11 is 0. The molecule has 4 heteroatoms. The van der Waals surface area contributed by atoms with Gasteiger partial charge in [0.1, 0.15) is 0 Å².